The maximum absolute atomic E-state index is 12.5. The zero-order chi connectivity index (χ0) is 11.7. The van der Waals surface area contributed by atoms with E-state index in [0.29, 0.717) is 5.78 Å². The van der Waals surface area contributed by atoms with Gasteiger partial charge in [0.2, 0.25) is 0 Å². The number of rotatable bonds is 2. The summed E-state index contributed by atoms with van der Waals surface area (Å²) in [7, 11) is 0. The molecule has 0 radical (unpaired) electrons. The van der Waals surface area contributed by atoms with Crippen LogP contribution in [0, 0.1) is 0 Å². The second-order valence-corrected chi connectivity index (χ2v) is 5.73. The lowest BCUT2D eigenvalue weighted by Crippen LogP contribution is -2.20. The zero-order valence-corrected chi connectivity index (χ0v) is 10.6. The van der Waals surface area contributed by atoms with E-state index in [0.717, 1.165) is 44.3 Å². The molecular weight excluding hydrogens is 232 g/mol. The fraction of sp³-hybridized carbons (Fsp3) is 0.500. The van der Waals surface area contributed by atoms with Crippen molar-refractivity contribution >= 4 is 17.1 Å². The third kappa shape index (κ3) is 2.04. The third-order valence-corrected chi connectivity index (χ3v) is 4.62. The van der Waals surface area contributed by atoms with Crippen molar-refractivity contribution in [2.75, 3.05) is 6.61 Å². The predicted molar refractivity (Wildman–Crippen MR) is 68.3 cm³/mol. The van der Waals surface area contributed by atoms with E-state index in [2.05, 4.69) is 11.4 Å². The van der Waals surface area contributed by atoms with Crippen molar-refractivity contribution < 1.29 is 9.53 Å². The molecule has 0 amide bonds. The first-order valence-electron chi connectivity index (χ1n) is 6.27. The lowest BCUT2D eigenvalue weighted by Gasteiger charge is -2.23. The molecule has 0 spiro atoms. The average Bonchev–Trinajstić information content (AvgIpc) is 2.87. The molecule has 0 aromatic carbocycles. The topological polar surface area (TPSA) is 26.3 Å². The van der Waals surface area contributed by atoms with E-state index in [1.807, 2.05) is 0 Å². The molecule has 3 heteroatoms. The summed E-state index contributed by atoms with van der Waals surface area (Å²) in [4.78, 5) is 13.9. The van der Waals surface area contributed by atoms with Crippen molar-refractivity contribution in [3.8, 4) is 0 Å². The van der Waals surface area contributed by atoms with Crippen LogP contribution < -0.4 is 0 Å². The molecule has 1 aromatic heterocycles. The second kappa shape index (κ2) is 4.65. The summed E-state index contributed by atoms with van der Waals surface area (Å²) >= 11 is 1.79. The van der Waals surface area contributed by atoms with E-state index >= 15 is 0 Å². The van der Waals surface area contributed by atoms with E-state index in [9.17, 15) is 4.79 Å². The highest BCUT2D eigenvalue weighted by Gasteiger charge is 2.29. The van der Waals surface area contributed by atoms with Crippen LogP contribution in [-0.4, -0.2) is 12.4 Å². The van der Waals surface area contributed by atoms with Gasteiger partial charge in [0.1, 0.15) is 0 Å². The third-order valence-electron chi connectivity index (χ3n) is 3.62. The molecule has 3 rings (SSSR count). The highest BCUT2D eigenvalue weighted by molar-refractivity contribution is 7.10. The maximum Gasteiger partial charge on any atom is 0.169 e. The van der Waals surface area contributed by atoms with E-state index in [4.69, 9.17) is 4.74 Å². The van der Waals surface area contributed by atoms with E-state index in [1.165, 1.54) is 10.4 Å². The summed E-state index contributed by atoms with van der Waals surface area (Å²) in [5.74, 6) is 0.391. The van der Waals surface area contributed by atoms with Crippen molar-refractivity contribution in [1.29, 1.82) is 0 Å². The van der Waals surface area contributed by atoms with Gasteiger partial charge in [-0.05, 0) is 49.1 Å². The van der Waals surface area contributed by atoms with Gasteiger partial charge in [0.25, 0.3) is 0 Å². The Labute approximate surface area is 105 Å². The van der Waals surface area contributed by atoms with Gasteiger partial charge in [-0.15, -0.1) is 11.3 Å². The summed E-state index contributed by atoms with van der Waals surface area (Å²) in [6.45, 7) is 0.755. The standard InChI is InChI=1S/C14H16O2S/c15-14(10-3-2-7-16-9-10)12-4-1-5-13-11(12)6-8-17-13/h6,8-9,12H,1-5,7H2. The normalized spacial score (nSPS) is 23.5. The number of hydrogen-bond donors (Lipinski definition) is 0. The Kier molecular flexibility index (Phi) is 3.02. The molecule has 1 aromatic rings. The Morgan fingerprint density at radius 1 is 1.35 bits per heavy atom. The van der Waals surface area contributed by atoms with Gasteiger partial charge in [-0.25, -0.2) is 0 Å². The monoisotopic (exact) mass is 248 g/mol. The summed E-state index contributed by atoms with van der Waals surface area (Å²) < 4.78 is 5.28. The van der Waals surface area contributed by atoms with Crippen molar-refractivity contribution in [2.24, 2.45) is 0 Å². The number of carbonyl (C=O) groups excluding carboxylic acids is 1. The average molecular weight is 248 g/mol. The number of allylic oxidation sites excluding steroid dienone is 1. The molecule has 0 saturated carbocycles. The van der Waals surface area contributed by atoms with Crippen LogP contribution >= 0.6 is 11.3 Å². The maximum atomic E-state index is 12.5. The molecule has 2 heterocycles. The van der Waals surface area contributed by atoms with Crippen LogP contribution in [0.25, 0.3) is 0 Å². The van der Waals surface area contributed by atoms with Crippen LogP contribution in [-0.2, 0) is 16.0 Å². The minimum Gasteiger partial charge on any atom is -0.501 e. The minimum absolute atomic E-state index is 0.0953. The summed E-state index contributed by atoms with van der Waals surface area (Å²) in [6.07, 6.45) is 6.83. The number of ether oxygens (including phenoxy) is 1. The van der Waals surface area contributed by atoms with Gasteiger partial charge in [-0.2, -0.15) is 0 Å². The van der Waals surface area contributed by atoms with Gasteiger partial charge in [0.05, 0.1) is 12.9 Å². The first-order chi connectivity index (χ1) is 8.36. The molecule has 90 valence electrons. The van der Waals surface area contributed by atoms with Crippen LogP contribution in [0.1, 0.15) is 42.0 Å². The summed E-state index contributed by atoms with van der Waals surface area (Å²) in [5.41, 5.74) is 2.16. The molecule has 17 heavy (non-hydrogen) atoms. The molecule has 0 bridgehead atoms. The molecule has 1 aliphatic heterocycles. The molecule has 0 fully saturated rings. The minimum atomic E-state index is 0.0953. The Bertz CT molecular complexity index is 459. The van der Waals surface area contributed by atoms with Crippen molar-refractivity contribution in [2.45, 2.75) is 38.0 Å². The largest absolute Gasteiger partial charge is 0.501 e. The van der Waals surface area contributed by atoms with Crippen LogP contribution in [0.15, 0.2) is 23.3 Å². The van der Waals surface area contributed by atoms with Gasteiger partial charge in [-0.1, -0.05) is 0 Å². The van der Waals surface area contributed by atoms with Crippen LogP contribution in [0.4, 0.5) is 0 Å². The molecule has 2 nitrogen and oxygen atoms in total. The summed E-state index contributed by atoms with van der Waals surface area (Å²) in [5, 5.41) is 2.11. The van der Waals surface area contributed by atoms with E-state index in [-0.39, 0.29) is 5.92 Å². The number of thiophene rings is 1. The fourth-order valence-electron chi connectivity index (χ4n) is 2.73. The van der Waals surface area contributed by atoms with Crippen molar-refractivity contribution in [3.63, 3.8) is 0 Å². The molecule has 1 atom stereocenters. The Hall–Kier alpha value is -1.09. The second-order valence-electron chi connectivity index (χ2n) is 4.73. The number of Topliss-reactive ketones (excluding diaryl/α,β-unsaturated/α-hetero) is 1. The zero-order valence-electron chi connectivity index (χ0n) is 9.78. The number of fused-ring (bicyclic) bond motifs is 1. The lowest BCUT2D eigenvalue weighted by atomic mass is 9.81. The van der Waals surface area contributed by atoms with Gasteiger partial charge < -0.3 is 4.74 Å². The van der Waals surface area contributed by atoms with Gasteiger partial charge in [0.15, 0.2) is 5.78 Å². The van der Waals surface area contributed by atoms with E-state index in [1.54, 1.807) is 17.6 Å². The number of aryl methyl sites for hydroxylation is 1. The van der Waals surface area contributed by atoms with Crippen LogP contribution in [0.5, 0.6) is 0 Å². The Balaban J connectivity index is 1.86. The van der Waals surface area contributed by atoms with Crippen molar-refractivity contribution in [3.05, 3.63) is 33.7 Å². The number of hydrogen-bond acceptors (Lipinski definition) is 3. The predicted octanol–water partition coefficient (Wildman–Crippen LogP) is 3.43. The van der Waals surface area contributed by atoms with E-state index < -0.39 is 0 Å². The van der Waals surface area contributed by atoms with Gasteiger partial charge >= 0.3 is 0 Å². The number of ketones is 1. The highest BCUT2D eigenvalue weighted by Crippen LogP contribution is 2.37. The van der Waals surface area contributed by atoms with Gasteiger partial charge in [0, 0.05) is 16.4 Å². The Morgan fingerprint density at radius 2 is 2.29 bits per heavy atom. The SMILES string of the molecule is O=C(C1=COCCC1)C1CCCc2sccc21. The van der Waals surface area contributed by atoms with Gasteiger partial charge in [-0.3, -0.25) is 4.79 Å². The molecule has 0 N–H and O–H groups in total. The number of carbonyl (C=O) groups is 1. The molecule has 1 unspecified atom stereocenters. The highest BCUT2D eigenvalue weighted by atomic mass is 32.1. The first kappa shape index (κ1) is 11.0. The summed E-state index contributed by atoms with van der Waals surface area (Å²) in [6, 6.07) is 2.13. The van der Waals surface area contributed by atoms with Crippen LogP contribution in [0.3, 0.4) is 0 Å². The quantitative estimate of drug-likeness (QED) is 0.801. The fourth-order valence-corrected chi connectivity index (χ4v) is 3.72. The lowest BCUT2D eigenvalue weighted by molar-refractivity contribution is -0.117. The molecular formula is C14H16O2S. The smallest absolute Gasteiger partial charge is 0.169 e. The molecule has 2 aliphatic rings. The first-order valence-corrected chi connectivity index (χ1v) is 7.15. The molecule has 1 aliphatic carbocycles. The molecule has 0 saturated heterocycles. The van der Waals surface area contributed by atoms with Crippen molar-refractivity contribution in [1.82, 2.24) is 0 Å². The Morgan fingerprint density at radius 3 is 3.12 bits per heavy atom. The van der Waals surface area contributed by atoms with Crippen LogP contribution in [0.2, 0.25) is 0 Å².